The monoisotopic (exact) mass is 238 g/mol. The zero-order valence-corrected chi connectivity index (χ0v) is 9.84. The van der Waals surface area contributed by atoms with Crippen LogP contribution in [0.25, 0.3) is 0 Å². The number of amides is 1. The molecule has 1 saturated heterocycles. The Morgan fingerprint density at radius 2 is 2.24 bits per heavy atom. The Morgan fingerprint density at radius 3 is 2.94 bits per heavy atom. The van der Waals surface area contributed by atoms with E-state index in [1.807, 2.05) is 0 Å². The van der Waals surface area contributed by atoms with Gasteiger partial charge in [0.15, 0.2) is 0 Å². The van der Waals surface area contributed by atoms with Gasteiger partial charge >= 0.3 is 0 Å². The molecule has 1 fully saturated rings. The molecular formula is C11H18N4O2. The summed E-state index contributed by atoms with van der Waals surface area (Å²) >= 11 is 0. The average Bonchev–Trinajstić information content (AvgIpc) is 2.83. The summed E-state index contributed by atoms with van der Waals surface area (Å²) in [6, 6.07) is 1.81. The van der Waals surface area contributed by atoms with Gasteiger partial charge in [-0.25, -0.2) is 0 Å². The van der Waals surface area contributed by atoms with Gasteiger partial charge in [-0.05, 0) is 6.07 Å². The quantitative estimate of drug-likeness (QED) is 0.739. The second-order valence-electron chi connectivity index (χ2n) is 4.01. The number of aromatic nitrogens is 2. The lowest BCUT2D eigenvalue weighted by molar-refractivity contribution is -0.121. The first-order chi connectivity index (χ1) is 8.34. The van der Waals surface area contributed by atoms with E-state index in [-0.39, 0.29) is 12.5 Å². The Hall–Kier alpha value is -1.40. The molecule has 6 nitrogen and oxygen atoms in total. The summed E-state index contributed by atoms with van der Waals surface area (Å²) in [6.45, 7) is 5.34. The molecule has 2 heterocycles. The van der Waals surface area contributed by atoms with Crippen LogP contribution in [0, 0.1) is 0 Å². The van der Waals surface area contributed by atoms with Crippen LogP contribution in [0.4, 0.5) is 0 Å². The molecule has 6 heteroatoms. The summed E-state index contributed by atoms with van der Waals surface area (Å²) < 4.78 is 6.87. The van der Waals surface area contributed by atoms with Crippen molar-refractivity contribution in [1.82, 2.24) is 20.0 Å². The Labute approximate surface area is 101 Å². The number of hydrogen-bond donors (Lipinski definition) is 1. The van der Waals surface area contributed by atoms with Crippen LogP contribution in [0.3, 0.4) is 0 Å². The van der Waals surface area contributed by atoms with E-state index in [4.69, 9.17) is 4.74 Å². The Kier molecular flexibility index (Phi) is 4.52. The van der Waals surface area contributed by atoms with Crippen LogP contribution in [-0.4, -0.2) is 60.0 Å². The van der Waals surface area contributed by atoms with Crippen molar-refractivity contribution < 1.29 is 9.53 Å². The van der Waals surface area contributed by atoms with Crippen LogP contribution in [0.1, 0.15) is 0 Å². The average molecular weight is 238 g/mol. The largest absolute Gasteiger partial charge is 0.379 e. The van der Waals surface area contributed by atoms with Gasteiger partial charge in [0.2, 0.25) is 5.91 Å². The lowest BCUT2D eigenvalue weighted by Crippen LogP contribution is -2.41. The second-order valence-corrected chi connectivity index (χ2v) is 4.01. The number of ether oxygens (including phenoxy) is 1. The molecule has 17 heavy (non-hydrogen) atoms. The van der Waals surface area contributed by atoms with Crippen LogP contribution in [0.2, 0.25) is 0 Å². The zero-order chi connectivity index (χ0) is 11.9. The van der Waals surface area contributed by atoms with Gasteiger partial charge in [0, 0.05) is 38.6 Å². The van der Waals surface area contributed by atoms with E-state index in [1.54, 1.807) is 23.1 Å². The highest BCUT2D eigenvalue weighted by Crippen LogP contribution is 1.94. The fraction of sp³-hybridized carbons (Fsp3) is 0.636. The smallest absolute Gasteiger partial charge is 0.241 e. The van der Waals surface area contributed by atoms with Crippen LogP contribution in [0.15, 0.2) is 18.5 Å². The summed E-state index contributed by atoms with van der Waals surface area (Å²) in [5.74, 6) is 0.00181. The van der Waals surface area contributed by atoms with Gasteiger partial charge in [0.25, 0.3) is 0 Å². The van der Waals surface area contributed by atoms with Gasteiger partial charge in [0.05, 0.1) is 13.2 Å². The van der Waals surface area contributed by atoms with E-state index in [9.17, 15) is 4.79 Å². The minimum atomic E-state index is 0.00181. The SMILES string of the molecule is O=C(Cn1cccn1)NCCN1CCOCC1. The molecule has 1 N–H and O–H groups in total. The van der Waals surface area contributed by atoms with Crippen LogP contribution >= 0.6 is 0 Å². The van der Waals surface area contributed by atoms with Gasteiger partial charge in [0.1, 0.15) is 6.54 Å². The lowest BCUT2D eigenvalue weighted by Gasteiger charge is -2.26. The predicted octanol–water partition coefficient (Wildman–Crippen LogP) is -0.668. The van der Waals surface area contributed by atoms with Gasteiger partial charge in [-0.2, -0.15) is 5.10 Å². The molecule has 0 radical (unpaired) electrons. The third kappa shape index (κ3) is 4.16. The maximum atomic E-state index is 11.5. The zero-order valence-electron chi connectivity index (χ0n) is 9.84. The van der Waals surface area contributed by atoms with Crippen molar-refractivity contribution in [3.63, 3.8) is 0 Å². The van der Waals surface area contributed by atoms with Gasteiger partial charge in [-0.1, -0.05) is 0 Å². The molecule has 0 atom stereocenters. The molecule has 94 valence electrons. The van der Waals surface area contributed by atoms with Crippen molar-refractivity contribution in [1.29, 1.82) is 0 Å². The number of rotatable bonds is 5. The molecule has 0 aliphatic carbocycles. The predicted molar refractivity (Wildman–Crippen MR) is 62.5 cm³/mol. The van der Waals surface area contributed by atoms with Crippen LogP contribution in [-0.2, 0) is 16.1 Å². The van der Waals surface area contributed by atoms with Crippen molar-refractivity contribution >= 4 is 5.91 Å². The van der Waals surface area contributed by atoms with E-state index in [0.717, 1.165) is 32.8 Å². The number of hydrogen-bond acceptors (Lipinski definition) is 4. The number of nitrogens with one attached hydrogen (secondary N) is 1. The first-order valence-electron chi connectivity index (χ1n) is 5.89. The standard InChI is InChI=1S/C11H18N4O2/c16-11(10-15-4-1-2-13-15)12-3-5-14-6-8-17-9-7-14/h1-2,4H,3,5-10H2,(H,12,16). The molecule has 1 aromatic heterocycles. The van der Waals surface area contributed by atoms with E-state index >= 15 is 0 Å². The van der Waals surface area contributed by atoms with Crippen molar-refractivity contribution in [2.24, 2.45) is 0 Å². The molecule has 1 aliphatic heterocycles. The van der Waals surface area contributed by atoms with Crippen LogP contribution < -0.4 is 5.32 Å². The van der Waals surface area contributed by atoms with Gasteiger partial charge in [-0.15, -0.1) is 0 Å². The number of nitrogens with zero attached hydrogens (tertiary/aromatic N) is 3. The molecule has 1 amide bonds. The second kappa shape index (κ2) is 6.36. The first-order valence-corrected chi connectivity index (χ1v) is 5.89. The first kappa shape index (κ1) is 12.1. The minimum absolute atomic E-state index is 0.00181. The van der Waals surface area contributed by atoms with Gasteiger partial charge < -0.3 is 10.1 Å². The van der Waals surface area contributed by atoms with Crippen molar-refractivity contribution in [3.8, 4) is 0 Å². The summed E-state index contributed by atoms with van der Waals surface area (Å²) in [7, 11) is 0. The lowest BCUT2D eigenvalue weighted by atomic mass is 10.4. The number of carbonyl (C=O) groups is 1. The molecule has 0 aromatic carbocycles. The van der Waals surface area contributed by atoms with Crippen molar-refractivity contribution in [2.75, 3.05) is 39.4 Å². The number of morpholine rings is 1. The highest BCUT2D eigenvalue weighted by atomic mass is 16.5. The third-order valence-corrected chi connectivity index (χ3v) is 2.72. The summed E-state index contributed by atoms with van der Waals surface area (Å²) in [4.78, 5) is 13.8. The molecule has 0 spiro atoms. The molecule has 0 saturated carbocycles. The topological polar surface area (TPSA) is 59.4 Å². The fourth-order valence-electron chi connectivity index (χ4n) is 1.78. The van der Waals surface area contributed by atoms with E-state index < -0.39 is 0 Å². The normalized spacial score (nSPS) is 16.9. The fourth-order valence-corrected chi connectivity index (χ4v) is 1.78. The van der Waals surface area contributed by atoms with Crippen LogP contribution in [0.5, 0.6) is 0 Å². The maximum Gasteiger partial charge on any atom is 0.241 e. The van der Waals surface area contributed by atoms with E-state index in [2.05, 4.69) is 15.3 Å². The Balaban J connectivity index is 1.59. The van der Waals surface area contributed by atoms with Gasteiger partial charge in [-0.3, -0.25) is 14.4 Å². The molecule has 2 rings (SSSR count). The molecule has 1 aromatic rings. The Morgan fingerprint density at radius 1 is 1.41 bits per heavy atom. The van der Waals surface area contributed by atoms with E-state index in [0.29, 0.717) is 6.54 Å². The van der Waals surface area contributed by atoms with E-state index in [1.165, 1.54) is 0 Å². The summed E-state index contributed by atoms with van der Waals surface area (Å²) in [5, 5.41) is 6.87. The molecule has 0 unspecified atom stereocenters. The highest BCUT2D eigenvalue weighted by molar-refractivity contribution is 5.75. The number of carbonyl (C=O) groups excluding carboxylic acids is 1. The summed E-state index contributed by atoms with van der Waals surface area (Å²) in [5.41, 5.74) is 0. The maximum absolute atomic E-state index is 11.5. The Bertz CT molecular complexity index is 333. The molecule has 0 bridgehead atoms. The summed E-state index contributed by atoms with van der Waals surface area (Å²) in [6.07, 6.45) is 3.45. The minimum Gasteiger partial charge on any atom is -0.379 e. The van der Waals surface area contributed by atoms with Crippen molar-refractivity contribution in [3.05, 3.63) is 18.5 Å². The molecular weight excluding hydrogens is 220 g/mol. The third-order valence-electron chi connectivity index (χ3n) is 2.72. The molecule has 1 aliphatic rings. The van der Waals surface area contributed by atoms with Crippen molar-refractivity contribution in [2.45, 2.75) is 6.54 Å². The highest BCUT2D eigenvalue weighted by Gasteiger charge is 2.10.